The molecule has 1 saturated heterocycles. The normalized spacial score (nSPS) is 22.2. The zero-order chi connectivity index (χ0) is 13.3. The number of hydrogen-bond donors (Lipinski definition) is 1. The second kappa shape index (κ2) is 5.02. The molecule has 4 heteroatoms. The van der Waals surface area contributed by atoms with Crippen molar-refractivity contribution < 1.29 is 9.47 Å². The Balaban J connectivity index is 1.76. The average Bonchev–Trinajstić information content (AvgIpc) is 2.77. The fourth-order valence-corrected chi connectivity index (χ4v) is 2.76. The smallest absolute Gasteiger partial charge is 0.231 e. The third-order valence-corrected chi connectivity index (χ3v) is 4.01. The van der Waals surface area contributed by atoms with Gasteiger partial charge >= 0.3 is 0 Å². The van der Waals surface area contributed by atoms with E-state index in [1.165, 1.54) is 12.0 Å². The zero-order valence-corrected chi connectivity index (χ0v) is 11.7. The summed E-state index contributed by atoms with van der Waals surface area (Å²) in [7, 11) is 0. The molecular formula is C15H22N2O2. The molecule has 104 valence electrons. The minimum absolute atomic E-state index is 0.187. The third-order valence-electron chi connectivity index (χ3n) is 4.01. The Kier molecular flexibility index (Phi) is 3.37. The van der Waals surface area contributed by atoms with Crippen molar-refractivity contribution in [2.75, 3.05) is 26.4 Å². The predicted octanol–water partition coefficient (Wildman–Crippen LogP) is 1.99. The van der Waals surface area contributed by atoms with Gasteiger partial charge in [-0.25, -0.2) is 0 Å². The van der Waals surface area contributed by atoms with E-state index < -0.39 is 0 Å². The number of benzene rings is 1. The largest absolute Gasteiger partial charge is 0.454 e. The van der Waals surface area contributed by atoms with Crippen LogP contribution >= 0.6 is 0 Å². The first-order chi connectivity index (χ1) is 9.15. The monoisotopic (exact) mass is 262 g/mol. The maximum absolute atomic E-state index is 5.45. The molecule has 3 rings (SSSR count). The molecule has 0 spiro atoms. The molecule has 2 aliphatic heterocycles. The van der Waals surface area contributed by atoms with Crippen molar-refractivity contribution in [1.29, 1.82) is 0 Å². The summed E-state index contributed by atoms with van der Waals surface area (Å²) in [6.45, 7) is 9.20. The van der Waals surface area contributed by atoms with E-state index in [4.69, 9.17) is 9.47 Å². The Morgan fingerprint density at radius 2 is 2.11 bits per heavy atom. The SMILES string of the molecule is CC1(C)CNCCCN1Cc1ccc2c(c1)OCO2. The van der Waals surface area contributed by atoms with Crippen molar-refractivity contribution in [3.05, 3.63) is 23.8 Å². The van der Waals surface area contributed by atoms with Crippen LogP contribution in [0.25, 0.3) is 0 Å². The van der Waals surface area contributed by atoms with Crippen molar-refractivity contribution in [3.8, 4) is 11.5 Å². The Labute approximate surface area is 114 Å². The van der Waals surface area contributed by atoms with Gasteiger partial charge in [-0.3, -0.25) is 4.90 Å². The summed E-state index contributed by atoms with van der Waals surface area (Å²) in [6.07, 6.45) is 1.20. The lowest BCUT2D eigenvalue weighted by molar-refractivity contribution is 0.124. The fraction of sp³-hybridized carbons (Fsp3) is 0.600. The molecule has 4 nitrogen and oxygen atoms in total. The first-order valence-corrected chi connectivity index (χ1v) is 6.99. The van der Waals surface area contributed by atoms with Gasteiger partial charge in [0.1, 0.15) is 0 Å². The molecule has 0 aliphatic carbocycles. The van der Waals surface area contributed by atoms with Crippen LogP contribution < -0.4 is 14.8 Å². The van der Waals surface area contributed by atoms with Crippen molar-refractivity contribution in [2.45, 2.75) is 32.4 Å². The van der Waals surface area contributed by atoms with Crippen LogP contribution in [0.15, 0.2) is 18.2 Å². The molecule has 19 heavy (non-hydrogen) atoms. The van der Waals surface area contributed by atoms with E-state index in [0.717, 1.165) is 37.7 Å². The molecule has 0 unspecified atom stereocenters. The van der Waals surface area contributed by atoms with Gasteiger partial charge in [-0.05, 0) is 44.5 Å². The highest BCUT2D eigenvalue weighted by Crippen LogP contribution is 2.33. The highest BCUT2D eigenvalue weighted by atomic mass is 16.7. The number of rotatable bonds is 2. The first-order valence-electron chi connectivity index (χ1n) is 6.99. The summed E-state index contributed by atoms with van der Waals surface area (Å²) in [6, 6.07) is 6.26. The minimum Gasteiger partial charge on any atom is -0.454 e. The summed E-state index contributed by atoms with van der Waals surface area (Å²) < 4.78 is 10.8. The highest BCUT2D eigenvalue weighted by Gasteiger charge is 2.28. The van der Waals surface area contributed by atoms with Crippen LogP contribution in [-0.2, 0) is 6.54 Å². The van der Waals surface area contributed by atoms with E-state index in [-0.39, 0.29) is 5.54 Å². The molecule has 0 radical (unpaired) electrons. The second-order valence-electron chi connectivity index (χ2n) is 5.95. The molecule has 0 amide bonds. The molecule has 1 fully saturated rings. The molecule has 0 atom stereocenters. The van der Waals surface area contributed by atoms with Crippen LogP contribution in [0.1, 0.15) is 25.8 Å². The van der Waals surface area contributed by atoms with Crippen LogP contribution in [0.2, 0.25) is 0 Å². The lowest BCUT2D eigenvalue weighted by Crippen LogP contribution is -2.47. The van der Waals surface area contributed by atoms with Gasteiger partial charge in [0.2, 0.25) is 6.79 Å². The molecule has 2 heterocycles. The van der Waals surface area contributed by atoms with Crippen molar-refractivity contribution >= 4 is 0 Å². The van der Waals surface area contributed by atoms with Crippen LogP contribution in [0.4, 0.5) is 0 Å². The Hall–Kier alpha value is -1.26. The van der Waals surface area contributed by atoms with E-state index >= 15 is 0 Å². The number of ether oxygens (including phenoxy) is 2. The van der Waals surface area contributed by atoms with Crippen LogP contribution in [0.5, 0.6) is 11.5 Å². The molecule has 1 aromatic rings. The Morgan fingerprint density at radius 1 is 1.26 bits per heavy atom. The van der Waals surface area contributed by atoms with E-state index in [1.807, 2.05) is 6.07 Å². The topological polar surface area (TPSA) is 33.7 Å². The maximum atomic E-state index is 5.45. The van der Waals surface area contributed by atoms with Crippen LogP contribution in [0.3, 0.4) is 0 Å². The van der Waals surface area contributed by atoms with Gasteiger partial charge in [-0.2, -0.15) is 0 Å². The Bertz CT molecular complexity index is 459. The molecule has 2 aliphatic rings. The van der Waals surface area contributed by atoms with Crippen LogP contribution in [-0.4, -0.2) is 36.9 Å². The Morgan fingerprint density at radius 3 is 3.00 bits per heavy atom. The summed E-state index contributed by atoms with van der Waals surface area (Å²) >= 11 is 0. The highest BCUT2D eigenvalue weighted by molar-refractivity contribution is 5.44. The molecule has 0 saturated carbocycles. The fourth-order valence-electron chi connectivity index (χ4n) is 2.76. The standard InChI is InChI=1S/C15H22N2O2/c1-15(2)10-16-6-3-7-17(15)9-12-4-5-13-14(8-12)19-11-18-13/h4-5,8,16H,3,6-7,9-11H2,1-2H3. The van der Waals surface area contributed by atoms with Gasteiger partial charge < -0.3 is 14.8 Å². The number of hydrogen-bond acceptors (Lipinski definition) is 4. The number of nitrogens with zero attached hydrogens (tertiary/aromatic N) is 1. The molecule has 0 bridgehead atoms. The van der Waals surface area contributed by atoms with Gasteiger partial charge in [-0.1, -0.05) is 6.07 Å². The summed E-state index contributed by atoms with van der Waals surface area (Å²) in [4.78, 5) is 2.55. The van der Waals surface area contributed by atoms with E-state index in [0.29, 0.717) is 6.79 Å². The third kappa shape index (κ3) is 2.69. The van der Waals surface area contributed by atoms with Gasteiger partial charge in [0.15, 0.2) is 11.5 Å². The van der Waals surface area contributed by atoms with Crippen molar-refractivity contribution in [2.24, 2.45) is 0 Å². The van der Waals surface area contributed by atoms with Gasteiger partial charge in [0.25, 0.3) is 0 Å². The predicted molar refractivity (Wildman–Crippen MR) is 74.5 cm³/mol. The number of fused-ring (bicyclic) bond motifs is 1. The quantitative estimate of drug-likeness (QED) is 0.884. The molecular weight excluding hydrogens is 240 g/mol. The number of nitrogens with one attached hydrogen (secondary N) is 1. The van der Waals surface area contributed by atoms with Crippen LogP contribution in [0, 0.1) is 0 Å². The lowest BCUT2D eigenvalue weighted by Gasteiger charge is -2.37. The summed E-state index contributed by atoms with van der Waals surface area (Å²) in [5.74, 6) is 1.74. The van der Waals surface area contributed by atoms with Crippen molar-refractivity contribution in [1.82, 2.24) is 10.2 Å². The zero-order valence-electron chi connectivity index (χ0n) is 11.7. The first kappa shape index (κ1) is 12.8. The van der Waals surface area contributed by atoms with E-state index in [9.17, 15) is 0 Å². The maximum Gasteiger partial charge on any atom is 0.231 e. The summed E-state index contributed by atoms with van der Waals surface area (Å²) in [5, 5.41) is 3.51. The van der Waals surface area contributed by atoms with Gasteiger partial charge in [-0.15, -0.1) is 0 Å². The minimum atomic E-state index is 0.187. The lowest BCUT2D eigenvalue weighted by atomic mass is 10.0. The van der Waals surface area contributed by atoms with Gasteiger partial charge in [0, 0.05) is 25.2 Å². The summed E-state index contributed by atoms with van der Waals surface area (Å²) in [5.41, 5.74) is 1.48. The van der Waals surface area contributed by atoms with E-state index in [2.05, 4.69) is 36.2 Å². The van der Waals surface area contributed by atoms with Crippen molar-refractivity contribution in [3.63, 3.8) is 0 Å². The average molecular weight is 262 g/mol. The molecule has 1 aromatic carbocycles. The van der Waals surface area contributed by atoms with Gasteiger partial charge in [0.05, 0.1) is 0 Å². The second-order valence-corrected chi connectivity index (χ2v) is 5.95. The van der Waals surface area contributed by atoms with E-state index in [1.54, 1.807) is 0 Å². The molecule has 1 N–H and O–H groups in total. The molecule has 0 aromatic heterocycles.